The Bertz CT molecular complexity index is 938. The maximum absolute atomic E-state index is 12.6. The zero-order valence-electron chi connectivity index (χ0n) is 13.3. The molecular formula is C21H18N2O. The van der Waals surface area contributed by atoms with Crippen molar-refractivity contribution in [1.29, 1.82) is 0 Å². The molecule has 0 atom stereocenters. The van der Waals surface area contributed by atoms with E-state index < -0.39 is 0 Å². The molecule has 0 heterocycles. The Balaban J connectivity index is 1.63. The lowest BCUT2D eigenvalue weighted by Crippen LogP contribution is -2.22. The molecular weight excluding hydrogens is 296 g/mol. The van der Waals surface area contributed by atoms with Crippen molar-refractivity contribution in [3.05, 3.63) is 83.4 Å². The van der Waals surface area contributed by atoms with Crippen LogP contribution in [0.15, 0.2) is 71.8 Å². The minimum absolute atomic E-state index is 0.164. The minimum Gasteiger partial charge on any atom is -0.267 e. The summed E-state index contributed by atoms with van der Waals surface area (Å²) in [6.07, 6.45) is 3.04. The molecule has 118 valence electrons. The molecule has 1 aliphatic carbocycles. The largest absolute Gasteiger partial charge is 0.272 e. The topological polar surface area (TPSA) is 41.5 Å². The first kappa shape index (κ1) is 14.6. The van der Waals surface area contributed by atoms with Crippen LogP contribution in [-0.2, 0) is 6.42 Å². The number of hydrogen-bond donors (Lipinski definition) is 1. The van der Waals surface area contributed by atoms with Gasteiger partial charge in [0.25, 0.3) is 5.91 Å². The van der Waals surface area contributed by atoms with E-state index in [4.69, 9.17) is 0 Å². The first-order valence-corrected chi connectivity index (χ1v) is 8.26. The van der Waals surface area contributed by atoms with E-state index in [0.29, 0.717) is 5.56 Å². The van der Waals surface area contributed by atoms with Gasteiger partial charge in [0, 0.05) is 11.1 Å². The summed E-state index contributed by atoms with van der Waals surface area (Å²) in [5.74, 6) is -0.164. The van der Waals surface area contributed by atoms with Gasteiger partial charge >= 0.3 is 0 Å². The van der Waals surface area contributed by atoms with Crippen LogP contribution in [0.4, 0.5) is 0 Å². The van der Waals surface area contributed by atoms with Gasteiger partial charge in [0.05, 0.1) is 5.71 Å². The second-order valence-electron chi connectivity index (χ2n) is 6.04. The second-order valence-corrected chi connectivity index (χ2v) is 6.04. The van der Waals surface area contributed by atoms with E-state index in [2.05, 4.69) is 28.7 Å². The van der Waals surface area contributed by atoms with E-state index in [1.165, 1.54) is 5.56 Å². The number of amides is 1. The number of carbonyl (C=O) groups is 1. The highest BCUT2D eigenvalue weighted by atomic mass is 16.2. The quantitative estimate of drug-likeness (QED) is 0.704. The molecule has 0 fully saturated rings. The average molecular weight is 314 g/mol. The Morgan fingerprint density at radius 1 is 0.875 bits per heavy atom. The third-order valence-electron chi connectivity index (χ3n) is 4.51. The summed E-state index contributed by atoms with van der Waals surface area (Å²) in [6.45, 7) is 0. The lowest BCUT2D eigenvalue weighted by molar-refractivity contribution is 0.0956. The van der Waals surface area contributed by atoms with Gasteiger partial charge in [-0.3, -0.25) is 4.79 Å². The van der Waals surface area contributed by atoms with E-state index >= 15 is 0 Å². The summed E-state index contributed by atoms with van der Waals surface area (Å²) in [6, 6.07) is 21.9. The van der Waals surface area contributed by atoms with Gasteiger partial charge < -0.3 is 0 Å². The van der Waals surface area contributed by atoms with Crippen molar-refractivity contribution in [2.24, 2.45) is 5.10 Å². The number of carbonyl (C=O) groups excluding carboxylic acids is 1. The molecule has 1 amide bonds. The van der Waals surface area contributed by atoms with Gasteiger partial charge in [-0.1, -0.05) is 60.7 Å². The molecule has 0 saturated carbocycles. The van der Waals surface area contributed by atoms with Crippen LogP contribution in [-0.4, -0.2) is 11.6 Å². The number of rotatable bonds is 2. The molecule has 3 aromatic rings. The molecule has 1 aliphatic rings. The molecule has 24 heavy (non-hydrogen) atoms. The molecule has 4 rings (SSSR count). The molecule has 3 nitrogen and oxygen atoms in total. The number of benzene rings is 3. The first-order valence-electron chi connectivity index (χ1n) is 8.26. The fourth-order valence-electron chi connectivity index (χ4n) is 3.32. The summed E-state index contributed by atoms with van der Waals surface area (Å²) in [7, 11) is 0. The van der Waals surface area contributed by atoms with Crippen LogP contribution in [0, 0.1) is 0 Å². The van der Waals surface area contributed by atoms with Crippen LogP contribution in [0.2, 0.25) is 0 Å². The highest BCUT2D eigenvalue weighted by molar-refractivity contribution is 6.08. The molecule has 0 unspecified atom stereocenters. The minimum atomic E-state index is -0.164. The van der Waals surface area contributed by atoms with Crippen LogP contribution >= 0.6 is 0 Å². The van der Waals surface area contributed by atoms with Crippen molar-refractivity contribution >= 4 is 22.4 Å². The standard InChI is InChI=1S/C21H18N2O/c24-21(19-13-5-9-15-7-1-3-11-17(15)19)23-22-20-14-6-10-16-8-2-4-12-18(16)20/h1-5,7-9,11-13H,6,10,14H2,(H,23,24). The van der Waals surface area contributed by atoms with Crippen LogP contribution in [0.3, 0.4) is 0 Å². The molecule has 3 heteroatoms. The first-order chi connectivity index (χ1) is 11.8. The van der Waals surface area contributed by atoms with Gasteiger partial charge in [0.15, 0.2) is 0 Å². The number of hydrogen-bond acceptors (Lipinski definition) is 2. The monoisotopic (exact) mass is 314 g/mol. The maximum Gasteiger partial charge on any atom is 0.272 e. The summed E-state index contributed by atoms with van der Waals surface area (Å²) in [5, 5.41) is 6.43. The zero-order chi connectivity index (χ0) is 16.4. The van der Waals surface area contributed by atoms with Gasteiger partial charge in [-0.25, -0.2) is 5.43 Å². The summed E-state index contributed by atoms with van der Waals surface area (Å²) in [5.41, 5.74) is 6.83. The average Bonchev–Trinajstić information content (AvgIpc) is 2.65. The molecule has 0 radical (unpaired) electrons. The summed E-state index contributed by atoms with van der Waals surface area (Å²) in [4.78, 5) is 12.6. The van der Waals surface area contributed by atoms with Crippen LogP contribution < -0.4 is 5.43 Å². The van der Waals surface area contributed by atoms with Crippen molar-refractivity contribution in [2.75, 3.05) is 0 Å². The predicted octanol–water partition coefficient (Wildman–Crippen LogP) is 4.31. The number of nitrogens with zero attached hydrogens (tertiary/aromatic N) is 1. The van der Waals surface area contributed by atoms with Crippen molar-refractivity contribution in [3.8, 4) is 0 Å². The lowest BCUT2D eigenvalue weighted by Gasteiger charge is -2.17. The second kappa shape index (κ2) is 6.28. The normalized spacial score (nSPS) is 15.2. The van der Waals surface area contributed by atoms with Gasteiger partial charge in [-0.05, 0) is 41.7 Å². The van der Waals surface area contributed by atoms with E-state index in [-0.39, 0.29) is 5.91 Å². The van der Waals surface area contributed by atoms with Gasteiger partial charge in [0.2, 0.25) is 0 Å². The molecule has 0 bridgehead atoms. The van der Waals surface area contributed by atoms with E-state index in [1.807, 2.05) is 48.5 Å². The molecule has 0 aliphatic heterocycles. The number of aryl methyl sites for hydroxylation is 1. The number of nitrogens with one attached hydrogen (secondary N) is 1. The van der Waals surface area contributed by atoms with E-state index in [9.17, 15) is 4.79 Å². The molecule has 0 saturated heterocycles. The maximum atomic E-state index is 12.6. The Labute approximate surface area is 141 Å². The van der Waals surface area contributed by atoms with Gasteiger partial charge in [0.1, 0.15) is 0 Å². The Kier molecular flexibility index (Phi) is 3.83. The Morgan fingerprint density at radius 2 is 1.67 bits per heavy atom. The van der Waals surface area contributed by atoms with E-state index in [1.54, 1.807) is 0 Å². The summed E-state index contributed by atoms with van der Waals surface area (Å²) >= 11 is 0. The van der Waals surface area contributed by atoms with Gasteiger partial charge in [-0.15, -0.1) is 0 Å². The third-order valence-corrected chi connectivity index (χ3v) is 4.51. The highest BCUT2D eigenvalue weighted by Gasteiger charge is 2.15. The fourth-order valence-corrected chi connectivity index (χ4v) is 3.32. The predicted molar refractivity (Wildman–Crippen MR) is 97.3 cm³/mol. The zero-order valence-corrected chi connectivity index (χ0v) is 13.3. The van der Waals surface area contributed by atoms with Gasteiger partial charge in [-0.2, -0.15) is 5.10 Å². The fraction of sp³-hybridized carbons (Fsp3) is 0.143. The third kappa shape index (κ3) is 2.69. The van der Waals surface area contributed by atoms with Crippen LogP contribution in [0.5, 0.6) is 0 Å². The van der Waals surface area contributed by atoms with Crippen molar-refractivity contribution in [2.45, 2.75) is 19.3 Å². The molecule has 1 N–H and O–H groups in total. The van der Waals surface area contributed by atoms with Crippen LogP contribution in [0.1, 0.15) is 34.3 Å². The van der Waals surface area contributed by atoms with Crippen LogP contribution in [0.25, 0.3) is 10.8 Å². The van der Waals surface area contributed by atoms with Crippen molar-refractivity contribution < 1.29 is 4.79 Å². The lowest BCUT2D eigenvalue weighted by atomic mass is 9.90. The highest BCUT2D eigenvalue weighted by Crippen LogP contribution is 2.22. The van der Waals surface area contributed by atoms with Crippen molar-refractivity contribution in [1.82, 2.24) is 5.43 Å². The SMILES string of the molecule is O=C(NN=C1CCCc2ccccc21)c1cccc2ccccc12. The van der Waals surface area contributed by atoms with Crippen molar-refractivity contribution in [3.63, 3.8) is 0 Å². The smallest absolute Gasteiger partial charge is 0.267 e. The molecule has 0 aromatic heterocycles. The number of fused-ring (bicyclic) bond motifs is 2. The molecule has 0 spiro atoms. The Morgan fingerprint density at radius 3 is 2.62 bits per heavy atom. The number of hydrazone groups is 1. The summed E-state index contributed by atoms with van der Waals surface area (Å²) < 4.78 is 0. The van der Waals surface area contributed by atoms with E-state index in [0.717, 1.165) is 41.3 Å². The Hall–Kier alpha value is -2.94. The molecule has 3 aromatic carbocycles.